The zero-order chi connectivity index (χ0) is 19.4. The Balaban J connectivity index is 1.78. The second-order valence-corrected chi connectivity index (χ2v) is 8.21. The summed E-state index contributed by atoms with van der Waals surface area (Å²) in [6.45, 7) is 11.1. The Hall–Kier alpha value is -2.15. The van der Waals surface area contributed by atoms with Crippen LogP contribution < -0.4 is 0 Å². The first kappa shape index (κ1) is 19.6. The Kier molecular flexibility index (Phi) is 6.31. The molecule has 27 heavy (non-hydrogen) atoms. The van der Waals surface area contributed by atoms with Gasteiger partial charge in [-0.25, -0.2) is 0 Å². The normalized spacial score (nSPS) is 20.5. The van der Waals surface area contributed by atoms with E-state index in [1.807, 2.05) is 6.20 Å². The van der Waals surface area contributed by atoms with Crippen molar-refractivity contribution in [1.82, 2.24) is 4.98 Å². The van der Waals surface area contributed by atoms with Gasteiger partial charge in [-0.3, -0.25) is 4.98 Å². The lowest BCUT2D eigenvalue weighted by Gasteiger charge is -2.32. The van der Waals surface area contributed by atoms with Gasteiger partial charge >= 0.3 is 0 Å². The summed E-state index contributed by atoms with van der Waals surface area (Å²) in [6.07, 6.45) is 11.5. The molecule has 1 aromatic carbocycles. The molecule has 0 spiro atoms. The van der Waals surface area contributed by atoms with E-state index in [9.17, 15) is 0 Å². The van der Waals surface area contributed by atoms with Crippen LogP contribution in [0.1, 0.15) is 63.8 Å². The molecule has 0 unspecified atom stereocenters. The van der Waals surface area contributed by atoms with E-state index in [1.54, 1.807) is 0 Å². The van der Waals surface area contributed by atoms with Crippen molar-refractivity contribution in [2.75, 3.05) is 0 Å². The second-order valence-electron chi connectivity index (χ2n) is 8.21. The zero-order valence-electron chi connectivity index (χ0n) is 17.5. The SMILES string of the molecule is C/C=C(\C(C)=C/CC)c1ccc(-c2ccc(CC3CC(C)C3)nc2)cc1C. The Bertz CT molecular complexity index is 833. The molecular weight excluding hydrogens is 326 g/mol. The number of nitrogens with zero attached hydrogens (tertiary/aromatic N) is 1. The van der Waals surface area contributed by atoms with Gasteiger partial charge in [0.05, 0.1) is 0 Å². The number of pyridine rings is 1. The summed E-state index contributed by atoms with van der Waals surface area (Å²) >= 11 is 0. The van der Waals surface area contributed by atoms with Gasteiger partial charge in [0.25, 0.3) is 0 Å². The van der Waals surface area contributed by atoms with Crippen LogP contribution in [0.15, 0.2) is 54.3 Å². The molecule has 2 aromatic rings. The zero-order valence-corrected chi connectivity index (χ0v) is 17.5. The van der Waals surface area contributed by atoms with Crippen LogP contribution in [0.25, 0.3) is 16.7 Å². The van der Waals surface area contributed by atoms with Crippen molar-refractivity contribution in [2.45, 2.75) is 60.3 Å². The topological polar surface area (TPSA) is 12.9 Å². The van der Waals surface area contributed by atoms with Gasteiger partial charge in [0.1, 0.15) is 0 Å². The van der Waals surface area contributed by atoms with Crippen LogP contribution in [-0.4, -0.2) is 4.98 Å². The summed E-state index contributed by atoms with van der Waals surface area (Å²) in [5.74, 6) is 1.76. The van der Waals surface area contributed by atoms with E-state index >= 15 is 0 Å². The summed E-state index contributed by atoms with van der Waals surface area (Å²) in [5, 5.41) is 0. The maximum Gasteiger partial charge on any atom is 0.0406 e. The van der Waals surface area contributed by atoms with Crippen molar-refractivity contribution in [3.05, 3.63) is 71.1 Å². The monoisotopic (exact) mass is 359 g/mol. The average molecular weight is 360 g/mol. The van der Waals surface area contributed by atoms with E-state index in [0.29, 0.717) is 0 Å². The molecule has 1 aromatic heterocycles. The predicted octanol–water partition coefficient (Wildman–Crippen LogP) is 7.41. The van der Waals surface area contributed by atoms with Crippen LogP contribution in [0.5, 0.6) is 0 Å². The average Bonchev–Trinajstić information content (AvgIpc) is 2.63. The van der Waals surface area contributed by atoms with Crippen LogP contribution in [0.3, 0.4) is 0 Å². The molecule has 1 saturated carbocycles. The van der Waals surface area contributed by atoms with Crippen molar-refractivity contribution in [3.8, 4) is 11.1 Å². The van der Waals surface area contributed by atoms with Gasteiger partial charge in [0.2, 0.25) is 0 Å². The van der Waals surface area contributed by atoms with Crippen LogP contribution in [-0.2, 0) is 6.42 Å². The van der Waals surface area contributed by atoms with Crippen molar-refractivity contribution in [2.24, 2.45) is 11.8 Å². The Morgan fingerprint density at radius 1 is 1.15 bits per heavy atom. The fourth-order valence-corrected chi connectivity index (χ4v) is 4.40. The first-order valence-electron chi connectivity index (χ1n) is 10.4. The molecule has 1 fully saturated rings. The number of hydrogen-bond donors (Lipinski definition) is 0. The first-order chi connectivity index (χ1) is 13.0. The van der Waals surface area contributed by atoms with E-state index in [4.69, 9.17) is 4.98 Å². The summed E-state index contributed by atoms with van der Waals surface area (Å²) < 4.78 is 0. The Morgan fingerprint density at radius 2 is 1.89 bits per heavy atom. The van der Waals surface area contributed by atoms with Gasteiger partial charge in [0.15, 0.2) is 0 Å². The standard InChI is InChI=1S/C26H33N/c1-6-8-19(4)25(7-2)26-12-10-22(15-20(26)5)23-9-11-24(27-17-23)16-21-13-18(3)14-21/h7-12,15,17-18,21H,6,13-14,16H2,1-5H3/b19-8-,25-7+. The minimum Gasteiger partial charge on any atom is -0.261 e. The van der Waals surface area contributed by atoms with Gasteiger partial charge in [0, 0.05) is 17.5 Å². The summed E-state index contributed by atoms with van der Waals surface area (Å²) in [7, 11) is 0. The third-order valence-electron chi connectivity index (χ3n) is 5.87. The quantitative estimate of drug-likeness (QED) is 0.489. The third kappa shape index (κ3) is 4.58. The number of aryl methyl sites for hydroxylation is 1. The molecule has 1 aliphatic rings. The lowest BCUT2D eigenvalue weighted by atomic mass is 9.74. The summed E-state index contributed by atoms with van der Waals surface area (Å²) in [4.78, 5) is 4.74. The van der Waals surface area contributed by atoms with E-state index in [-0.39, 0.29) is 0 Å². The highest BCUT2D eigenvalue weighted by molar-refractivity contribution is 5.81. The third-order valence-corrected chi connectivity index (χ3v) is 5.87. The molecule has 1 aliphatic carbocycles. The van der Waals surface area contributed by atoms with Crippen molar-refractivity contribution in [1.29, 1.82) is 0 Å². The fraction of sp³-hybridized carbons (Fsp3) is 0.423. The van der Waals surface area contributed by atoms with Crippen LogP contribution in [0.4, 0.5) is 0 Å². The lowest BCUT2D eigenvalue weighted by molar-refractivity contribution is 0.210. The minimum absolute atomic E-state index is 0.846. The number of rotatable bonds is 6. The molecule has 0 bridgehead atoms. The van der Waals surface area contributed by atoms with Crippen LogP contribution in [0.2, 0.25) is 0 Å². The first-order valence-corrected chi connectivity index (χ1v) is 10.4. The molecule has 1 nitrogen and oxygen atoms in total. The molecule has 0 atom stereocenters. The lowest BCUT2D eigenvalue weighted by Crippen LogP contribution is -2.23. The molecule has 0 saturated heterocycles. The van der Waals surface area contributed by atoms with Gasteiger partial charge in [-0.2, -0.15) is 0 Å². The summed E-state index contributed by atoms with van der Waals surface area (Å²) in [5.41, 5.74) is 9.03. The maximum atomic E-state index is 4.74. The smallest absolute Gasteiger partial charge is 0.0406 e. The predicted molar refractivity (Wildman–Crippen MR) is 118 cm³/mol. The molecule has 1 heteroatoms. The van der Waals surface area contributed by atoms with E-state index in [0.717, 1.165) is 24.7 Å². The maximum absolute atomic E-state index is 4.74. The highest BCUT2D eigenvalue weighted by Gasteiger charge is 2.25. The molecule has 0 N–H and O–H groups in total. The van der Waals surface area contributed by atoms with E-state index in [1.165, 1.54) is 51.9 Å². The molecule has 0 radical (unpaired) electrons. The molecule has 0 amide bonds. The van der Waals surface area contributed by atoms with E-state index < -0.39 is 0 Å². The molecular formula is C26H33N. The molecule has 3 rings (SSSR count). The Labute approximate surface area is 165 Å². The highest BCUT2D eigenvalue weighted by Crippen LogP contribution is 2.35. The molecule has 1 heterocycles. The highest BCUT2D eigenvalue weighted by atomic mass is 14.7. The summed E-state index contributed by atoms with van der Waals surface area (Å²) in [6, 6.07) is 11.2. The van der Waals surface area contributed by atoms with Gasteiger partial charge < -0.3 is 0 Å². The molecule has 0 aliphatic heterocycles. The largest absolute Gasteiger partial charge is 0.261 e. The second kappa shape index (κ2) is 8.69. The number of allylic oxidation sites excluding steroid dienone is 4. The van der Waals surface area contributed by atoms with Gasteiger partial charge in [-0.05, 0) is 92.2 Å². The van der Waals surface area contributed by atoms with Crippen LogP contribution >= 0.6 is 0 Å². The number of hydrogen-bond acceptors (Lipinski definition) is 1. The van der Waals surface area contributed by atoms with Crippen molar-refractivity contribution in [3.63, 3.8) is 0 Å². The van der Waals surface area contributed by atoms with Gasteiger partial charge in [-0.1, -0.05) is 50.3 Å². The Morgan fingerprint density at radius 3 is 2.44 bits per heavy atom. The van der Waals surface area contributed by atoms with Crippen molar-refractivity contribution >= 4 is 5.57 Å². The molecule has 142 valence electrons. The number of benzene rings is 1. The minimum atomic E-state index is 0.846. The van der Waals surface area contributed by atoms with E-state index in [2.05, 4.69) is 77.1 Å². The fourth-order valence-electron chi connectivity index (χ4n) is 4.40. The van der Waals surface area contributed by atoms with Gasteiger partial charge in [-0.15, -0.1) is 0 Å². The van der Waals surface area contributed by atoms with Crippen LogP contribution in [0, 0.1) is 18.8 Å². The van der Waals surface area contributed by atoms with Crippen molar-refractivity contribution < 1.29 is 0 Å². The number of aromatic nitrogens is 1.